The van der Waals surface area contributed by atoms with Gasteiger partial charge in [-0.15, -0.1) is 0 Å². The van der Waals surface area contributed by atoms with Crippen LogP contribution in [-0.2, 0) is 10.0 Å². The van der Waals surface area contributed by atoms with Crippen molar-refractivity contribution < 1.29 is 8.42 Å². The predicted octanol–water partition coefficient (Wildman–Crippen LogP) is 0.238. The van der Waals surface area contributed by atoms with E-state index in [2.05, 4.69) is 14.9 Å². The summed E-state index contributed by atoms with van der Waals surface area (Å²) in [7, 11) is -3.58. The molecule has 0 aromatic carbocycles. The van der Waals surface area contributed by atoms with Gasteiger partial charge in [0, 0.05) is 6.54 Å². The van der Waals surface area contributed by atoms with E-state index in [9.17, 15) is 8.42 Å². The highest BCUT2D eigenvalue weighted by Crippen LogP contribution is 2.12. The molecule has 1 aromatic heterocycles. The average Bonchev–Trinajstić information content (AvgIpc) is 2.69. The number of nitrogens with one attached hydrogen (secondary N) is 2. The van der Waals surface area contributed by atoms with Gasteiger partial charge in [-0.05, 0) is 19.9 Å². The molecule has 0 bridgehead atoms. The summed E-state index contributed by atoms with van der Waals surface area (Å²) in [5.41, 5.74) is -0.729. The number of aromatic amines is 1. The second-order valence-corrected chi connectivity index (χ2v) is 5.48. The van der Waals surface area contributed by atoms with Gasteiger partial charge in [0.05, 0.1) is 17.7 Å². The predicted molar refractivity (Wildman–Crippen MR) is 53.2 cm³/mol. The molecule has 0 radical (unpaired) electrons. The van der Waals surface area contributed by atoms with Crippen molar-refractivity contribution in [2.24, 2.45) is 5.41 Å². The summed E-state index contributed by atoms with van der Waals surface area (Å²) < 4.78 is 25.5. The zero-order valence-electron chi connectivity index (χ0n) is 8.48. The molecule has 82 valence electrons. The molecule has 0 unspecified atom stereocenters. The van der Waals surface area contributed by atoms with Crippen LogP contribution in [0.2, 0.25) is 0 Å². The molecule has 15 heavy (non-hydrogen) atoms. The van der Waals surface area contributed by atoms with Gasteiger partial charge in [0.15, 0.2) is 5.03 Å². The van der Waals surface area contributed by atoms with Crippen molar-refractivity contribution >= 4 is 10.0 Å². The van der Waals surface area contributed by atoms with Gasteiger partial charge in [-0.2, -0.15) is 10.4 Å². The lowest BCUT2D eigenvalue weighted by Gasteiger charge is -2.15. The summed E-state index contributed by atoms with van der Waals surface area (Å²) in [6, 6.07) is 3.36. The lowest BCUT2D eigenvalue weighted by Crippen LogP contribution is -2.33. The topological polar surface area (TPSA) is 98.6 Å². The Labute approximate surface area is 88.4 Å². The fourth-order valence-electron chi connectivity index (χ4n) is 0.785. The summed E-state index contributed by atoms with van der Waals surface area (Å²) in [5, 5.41) is 14.6. The average molecular weight is 228 g/mol. The minimum absolute atomic E-state index is 0.00348. The SMILES string of the molecule is CC(C)(C#N)CNS(=O)(=O)c1ccn[nH]1. The Morgan fingerprint density at radius 2 is 2.33 bits per heavy atom. The zero-order valence-corrected chi connectivity index (χ0v) is 9.30. The highest BCUT2D eigenvalue weighted by Gasteiger charge is 2.22. The Morgan fingerprint density at radius 1 is 1.67 bits per heavy atom. The Bertz CT molecular complexity index is 455. The summed E-state index contributed by atoms with van der Waals surface area (Å²) in [5.74, 6) is 0. The van der Waals surface area contributed by atoms with E-state index in [0.717, 1.165) is 0 Å². The van der Waals surface area contributed by atoms with E-state index >= 15 is 0 Å². The smallest absolute Gasteiger partial charge is 0.257 e. The third-order valence-electron chi connectivity index (χ3n) is 1.77. The number of hydrogen-bond acceptors (Lipinski definition) is 4. The van der Waals surface area contributed by atoms with Crippen molar-refractivity contribution in [3.63, 3.8) is 0 Å². The van der Waals surface area contributed by atoms with E-state index in [4.69, 9.17) is 5.26 Å². The maximum absolute atomic E-state index is 11.6. The molecule has 0 amide bonds. The second kappa shape index (κ2) is 4.00. The molecular weight excluding hydrogens is 216 g/mol. The summed E-state index contributed by atoms with van der Waals surface area (Å²) >= 11 is 0. The van der Waals surface area contributed by atoms with Gasteiger partial charge in [0.25, 0.3) is 10.0 Å². The fraction of sp³-hybridized carbons (Fsp3) is 0.500. The second-order valence-electron chi connectivity index (χ2n) is 3.74. The van der Waals surface area contributed by atoms with Crippen LogP contribution >= 0.6 is 0 Å². The fourth-order valence-corrected chi connectivity index (χ4v) is 1.90. The molecule has 0 spiro atoms. The van der Waals surface area contributed by atoms with Crippen molar-refractivity contribution in [2.75, 3.05) is 6.54 Å². The molecule has 1 aromatic rings. The number of sulfonamides is 1. The normalized spacial score (nSPS) is 12.3. The monoisotopic (exact) mass is 228 g/mol. The van der Waals surface area contributed by atoms with Crippen molar-refractivity contribution in [2.45, 2.75) is 18.9 Å². The number of H-pyrrole nitrogens is 1. The van der Waals surface area contributed by atoms with Crippen LogP contribution in [0, 0.1) is 16.7 Å². The molecule has 7 heteroatoms. The molecule has 0 aliphatic rings. The van der Waals surface area contributed by atoms with Crippen molar-refractivity contribution in [1.82, 2.24) is 14.9 Å². The summed E-state index contributed by atoms with van der Waals surface area (Å²) in [4.78, 5) is 0. The first-order valence-corrected chi connectivity index (χ1v) is 5.76. The van der Waals surface area contributed by atoms with Gasteiger partial charge in [0.1, 0.15) is 0 Å². The number of rotatable bonds is 4. The van der Waals surface area contributed by atoms with Gasteiger partial charge in [-0.1, -0.05) is 0 Å². The molecular formula is C8H12N4O2S. The number of nitriles is 1. The van der Waals surface area contributed by atoms with Crippen LogP contribution in [0.15, 0.2) is 17.3 Å². The van der Waals surface area contributed by atoms with Crippen molar-refractivity contribution in [1.29, 1.82) is 5.26 Å². The Balaban J connectivity index is 2.73. The quantitative estimate of drug-likeness (QED) is 0.771. The van der Waals surface area contributed by atoms with E-state index < -0.39 is 15.4 Å². The third kappa shape index (κ3) is 3.04. The molecule has 2 N–H and O–H groups in total. The third-order valence-corrected chi connectivity index (χ3v) is 3.10. The summed E-state index contributed by atoms with van der Waals surface area (Å²) in [6.45, 7) is 3.37. The van der Waals surface area contributed by atoms with Crippen LogP contribution in [0.5, 0.6) is 0 Å². The minimum Gasteiger partial charge on any atom is -0.266 e. The number of hydrogen-bond donors (Lipinski definition) is 2. The van der Waals surface area contributed by atoms with Crippen LogP contribution < -0.4 is 4.72 Å². The molecule has 0 aliphatic heterocycles. The molecule has 0 saturated heterocycles. The van der Waals surface area contributed by atoms with Crippen LogP contribution in [0.1, 0.15) is 13.8 Å². The first-order valence-electron chi connectivity index (χ1n) is 4.28. The lowest BCUT2D eigenvalue weighted by molar-refractivity contribution is 0.478. The van der Waals surface area contributed by atoms with Gasteiger partial charge in [-0.3, -0.25) is 5.10 Å². The molecule has 0 fully saturated rings. The van der Waals surface area contributed by atoms with Gasteiger partial charge in [-0.25, -0.2) is 13.1 Å². The highest BCUT2D eigenvalue weighted by atomic mass is 32.2. The highest BCUT2D eigenvalue weighted by molar-refractivity contribution is 7.89. The van der Waals surface area contributed by atoms with E-state index in [1.165, 1.54) is 12.3 Å². The van der Waals surface area contributed by atoms with Crippen LogP contribution in [0.4, 0.5) is 0 Å². The molecule has 6 nitrogen and oxygen atoms in total. The van der Waals surface area contributed by atoms with E-state index in [0.29, 0.717) is 0 Å². The standard InChI is InChI=1S/C8H12N4O2S/c1-8(2,5-9)6-11-15(13,14)7-3-4-10-12-7/h3-4,11H,6H2,1-2H3,(H,10,12). The largest absolute Gasteiger partial charge is 0.266 e. The van der Waals surface area contributed by atoms with E-state index in [-0.39, 0.29) is 11.6 Å². The number of aromatic nitrogens is 2. The molecule has 0 atom stereocenters. The molecule has 0 saturated carbocycles. The van der Waals surface area contributed by atoms with Crippen molar-refractivity contribution in [3.05, 3.63) is 12.3 Å². The summed E-state index contributed by atoms with van der Waals surface area (Å²) in [6.07, 6.45) is 1.35. The Kier molecular flexibility index (Phi) is 3.12. The van der Waals surface area contributed by atoms with Crippen LogP contribution in [0.25, 0.3) is 0 Å². The number of nitrogens with zero attached hydrogens (tertiary/aromatic N) is 2. The first kappa shape index (κ1) is 11.7. The lowest BCUT2D eigenvalue weighted by atomic mass is 9.97. The first-order chi connectivity index (χ1) is 6.87. The van der Waals surface area contributed by atoms with Gasteiger partial charge in [0.2, 0.25) is 0 Å². The zero-order chi connectivity index (χ0) is 11.5. The van der Waals surface area contributed by atoms with Crippen LogP contribution in [0.3, 0.4) is 0 Å². The maximum atomic E-state index is 11.6. The van der Waals surface area contributed by atoms with Crippen molar-refractivity contribution in [3.8, 4) is 6.07 Å². The minimum atomic E-state index is -3.58. The molecule has 1 heterocycles. The Hall–Kier alpha value is -1.39. The maximum Gasteiger partial charge on any atom is 0.257 e. The molecule has 1 rings (SSSR count). The van der Waals surface area contributed by atoms with E-state index in [1.54, 1.807) is 13.8 Å². The van der Waals surface area contributed by atoms with E-state index in [1.807, 2.05) is 6.07 Å². The Morgan fingerprint density at radius 3 is 2.80 bits per heavy atom. The van der Waals surface area contributed by atoms with Crippen LogP contribution in [-0.4, -0.2) is 25.2 Å². The van der Waals surface area contributed by atoms with Gasteiger partial charge < -0.3 is 0 Å². The van der Waals surface area contributed by atoms with Gasteiger partial charge >= 0.3 is 0 Å². The molecule has 0 aliphatic carbocycles.